The van der Waals surface area contributed by atoms with Crippen LogP contribution in [0, 0.1) is 0 Å². The third-order valence-electron chi connectivity index (χ3n) is 1.94. The number of nitrogens with two attached hydrogens (primary N) is 1. The molecule has 1 unspecified atom stereocenters. The number of carbonyl (C=O) groups is 1. The Morgan fingerprint density at radius 3 is 3.08 bits per heavy atom. The van der Waals surface area contributed by atoms with Gasteiger partial charge in [-0.1, -0.05) is 5.16 Å². The van der Waals surface area contributed by atoms with Crippen LogP contribution in [0.15, 0.2) is 5.16 Å². The second kappa shape index (κ2) is 4.32. The molecule has 1 atom stereocenters. The van der Waals surface area contributed by atoms with Crippen molar-refractivity contribution in [2.75, 3.05) is 13.1 Å². The summed E-state index contributed by atoms with van der Waals surface area (Å²) in [6, 6.07) is 0. The van der Waals surface area contributed by atoms with Crippen molar-refractivity contribution in [2.45, 2.75) is 18.2 Å². The average molecular weight is 206 g/mol. The van der Waals surface area contributed by atoms with E-state index in [-0.39, 0.29) is 11.9 Å². The van der Waals surface area contributed by atoms with Gasteiger partial charge in [-0.15, -0.1) is 11.6 Å². The molecule has 1 rings (SSSR count). The van der Waals surface area contributed by atoms with Crippen molar-refractivity contribution < 1.29 is 10.0 Å². The fourth-order valence-electron chi connectivity index (χ4n) is 1.38. The summed E-state index contributed by atoms with van der Waals surface area (Å²) >= 11 is 5.88. The van der Waals surface area contributed by atoms with Crippen molar-refractivity contribution in [3.8, 4) is 0 Å². The van der Waals surface area contributed by atoms with Gasteiger partial charge in [0.25, 0.3) is 0 Å². The van der Waals surface area contributed by atoms with E-state index in [9.17, 15) is 4.79 Å². The van der Waals surface area contributed by atoms with Gasteiger partial charge < -0.3 is 15.8 Å². The van der Waals surface area contributed by atoms with Crippen LogP contribution in [0.25, 0.3) is 0 Å². The second-order valence-corrected chi connectivity index (χ2v) is 3.48. The molecule has 1 amide bonds. The first-order valence-corrected chi connectivity index (χ1v) is 4.48. The maximum absolute atomic E-state index is 10.6. The van der Waals surface area contributed by atoms with Gasteiger partial charge in [-0.05, 0) is 12.8 Å². The van der Waals surface area contributed by atoms with Crippen LogP contribution in [0.1, 0.15) is 12.8 Å². The number of hydrogen-bond acceptors (Lipinski definition) is 3. The first-order valence-electron chi connectivity index (χ1n) is 4.04. The molecule has 1 aliphatic heterocycles. The number of piperidine rings is 1. The third kappa shape index (κ3) is 2.48. The minimum Gasteiger partial charge on any atom is -0.409 e. The lowest BCUT2D eigenvalue weighted by Gasteiger charge is -2.30. The lowest BCUT2D eigenvalue weighted by Crippen LogP contribution is -2.46. The van der Waals surface area contributed by atoms with Crippen molar-refractivity contribution >= 4 is 23.3 Å². The van der Waals surface area contributed by atoms with Gasteiger partial charge in [-0.3, -0.25) is 4.79 Å². The quantitative estimate of drug-likeness (QED) is 0.377. The lowest BCUT2D eigenvalue weighted by molar-refractivity contribution is -0.118. The molecule has 6 heteroatoms. The predicted molar refractivity (Wildman–Crippen MR) is 48.9 cm³/mol. The van der Waals surface area contributed by atoms with E-state index in [0.29, 0.717) is 12.4 Å². The van der Waals surface area contributed by atoms with Crippen molar-refractivity contribution in [1.82, 2.24) is 4.90 Å². The molecule has 1 aliphatic rings. The summed E-state index contributed by atoms with van der Waals surface area (Å²) < 4.78 is 0. The monoisotopic (exact) mass is 205 g/mol. The zero-order valence-electron chi connectivity index (χ0n) is 7.11. The number of likely N-dealkylation sites (tertiary alicyclic amines) is 1. The second-order valence-electron chi connectivity index (χ2n) is 2.96. The molecule has 1 fully saturated rings. The van der Waals surface area contributed by atoms with Gasteiger partial charge in [0.2, 0.25) is 5.91 Å². The Balaban J connectivity index is 2.65. The van der Waals surface area contributed by atoms with Crippen molar-refractivity contribution in [3.63, 3.8) is 0 Å². The number of alkyl halides is 1. The summed E-state index contributed by atoms with van der Waals surface area (Å²) in [5.41, 5.74) is 5.03. The maximum atomic E-state index is 10.6. The highest BCUT2D eigenvalue weighted by atomic mass is 35.5. The van der Waals surface area contributed by atoms with Gasteiger partial charge in [-0.2, -0.15) is 0 Å². The molecule has 0 aromatic heterocycles. The van der Waals surface area contributed by atoms with E-state index in [1.165, 1.54) is 0 Å². The molecular formula is C7H12ClN3O2. The Hall–Kier alpha value is -0.970. The number of rotatable bonds is 2. The molecule has 0 aliphatic carbocycles. The third-order valence-corrected chi connectivity index (χ3v) is 2.35. The standard InChI is InChI=1S/C7H12ClN3O2/c8-5-2-1-3-11(4-6(9)12)7(5)10-13/h5,13H,1-4H2,(H2,9,12)/b10-7+. The van der Waals surface area contributed by atoms with E-state index in [1.807, 2.05) is 0 Å². The Morgan fingerprint density at radius 2 is 2.54 bits per heavy atom. The van der Waals surface area contributed by atoms with Crippen LogP contribution in [0.2, 0.25) is 0 Å². The van der Waals surface area contributed by atoms with Crippen molar-refractivity contribution in [1.29, 1.82) is 0 Å². The number of oxime groups is 1. The summed E-state index contributed by atoms with van der Waals surface area (Å²) in [4.78, 5) is 12.2. The summed E-state index contributed by atoms with van der Waals surface area (Å²) in [7, 11) is 0. The van der Waals surface area contributed by atoms with Crippen LogP contribution < -0.4 is 5.73 Å². The molecule has 0 bridgehead atoms. The number of amidine groups is 1. The zero-order valence-corrected chi connectivity index (χ0v) is 7.87. The molecule has 0 aromatic carbocycles. The summed E-state index contributed by atoms with van der Waals surface area (Å²) in [5.74, 6) is -0.112. The minimum atomic E-state index is -0.452. The summed E-state index contributed by atoms with van der Waals surface area (Å²) in [5, 5.41) is 11.4. The first-order chi connectivity index (χ1) is 6.15. The fourth-order valence-corrected chi connectivity index (χ4v) is 1.71. The average Bonchev–Trinajstić information content (AvgIpc) is 2.03. The molecule has 1 heterocycles. The number of amides is 1. The number of hydrogen-bond donors (Lipinski definition) is 2. The lowest BCUT2D eigenvalue weighted by atomic mass is 10.1. The Morgan fingerprint density at radius 1 is 1.85 bits per heavy atom. The van der Waals surface area contributed by atoms with E-state index in [1.54, 1.807) is 4.90 Å². The zero-order chi connectivity index (χ0) is 9.84. The van der Waals surface area contributed by atoms with Crippen molar-refractivity contribution in [2.24, 2.45) is 10.9 Å². The van der Waals surface area contributed by atoms with Gasteiger partial charge in [0.15, 0.2) is 5.84 Å². The van der Waals surface area contributed by atoms with Crippen LogP contribution in [0.5, 0.6) is 0 Å². The maximum Gasteiger partial charge on any atom is 0.236 e. The number of carbonyl (C=O) groups excluding carboxylic acids is 1. The van der Waals surface area contributed by atoms with Crippen molar-refractivity contribution in [3.05, 3.63) is 0 Å². The summed E-state index contributed by atoms with van der Waals surface area (Å²) in [6.07, 6.45) is 1.64. The van der Waals surface area contributed by atoms with Gasteiger partial charge in [0.1, 0.15) is 0 Å². The number of halogens is 1. The Kier molecular flexibility index (Phi) is 3.36. The van der Waals surface area contributed by atoms with Gasteiger partial charge in [-0.25, -0.2) is 0 Å². The van der Waals surface area contributed by atoms with Crippen LogP contribution in [0.4, 0.5) is 0 Å². The molecule has 74 valence electrons. The Labute approximate surface area is 81.1 Å². The van der Waals surface area contributed by atoms with E-state index < -0.39 is 5.91 Å². The Bertz CT molecular complexity index is 232. The highest BCUT2D eigenvalue weighted by Crippen LogP contribution is 2.17. The van der Waals surface area contributed by atoms with Gasteiger partial charge in [0.05, 0.1) is 11.9 Å². The van der Waals surface area contributed by atoms with Crippen LogP contribution in [-0.4, -0.2) is 40.3 Å². The molecule has 13 heavy (non-hydrogen) atoms. The van der Waals surface area contributed by atoms with E-state index >= 15 is 0 Å². The molecular weight excluding hydrogens is 194 g/mol. The first kappa shape index (κ1) is 10.1. The summed E-state index contributed by atoms with van der Waals surface area (Å²) in [6.45, 7) is 0.716. The van der Waals surface area contributed by atoms with Crippen LogP contribution in [0.3, 0.4) is 0 Å². The molecule has 3 N–H and O–H groups in total. The molecule has 1 saturated heterocycles. The highest BCUT2D eigenvalue weighted by molar-refractivity contribution is 6.31. The molecule has 5 nitrogen and oxygen atoms in total. The van der Waals surface area contributed by atoms with Crippen LogP contribution >= 0.6 is 11.6 Å². The van der Waals surface area contributed by atoms with E-state index in [4.69, 9.17) is 22.5 Å². The number of nitrogens with zero attached hydrogens (tertiary/aromatic N) is 2. The van der Waals surface area contributed by atoms with Gasteiger partial charge >= 0.3 is 0 Å². The molecule has 0 aromatic rings. The van der Waals surface area contributed by atoms with Crippen LogP contribution in [-0.2, 0) is 4.79 Å². The molecule has 0 spiro atoms. The molecule has 0 radical (unpaired) electrons. The van der Waals surface area contributed by atoms with Gasteiger partial charge in [0, 0.05) is 6.54 Å². The normalized spacial score (nSPS) is 26.4. The predicted octanol–water partition coefficient (Wildman–Crippen LogP) is -0.0374. The topological polar surface area (TPSA) is 78.9 Å². The number of primary amides is 1. The highest BCUT2D eigenvalue weighted by Gasteiger charge is 2.26. The fraction of sp³-hybridized carbons (Fsp3) is 0.714. The molecule has 0 saturated carbocycles. The van der Waals surface area contributed by atoms with E-state index in [0.717, 1.165) is 12.8 Å². The minimum absolute atomic E-state index is 0.0581. The largest absolute Gasteiger partial charge is 0.409 e. The smallest absolute Gasteiger partial charge is 0.236 e. The SMILES string of the molecule is NC(=O)CN1CCCC(Cl)/C1=N\O. The van der Waals surface area contributed by atoms with E-state index in [2.05, 4.69) is 5.16 Å².